The van der Waals surface area contributed by atoms with Gasteiger partial charge in [-0.2, -0.15) is 10.2 Å². The van der Waals surface area contributed by atoms with Gasteiger partial charge in [-0.05, 0) is 30.3 Å². The van der Waals surface area contributed by atoms with E-state index in [1.54, 1.807) is 6.20 Å². The Morgan fingerprint density at radius 2 is 1.81 bits per heavy atom. The molecule has 26 heavy (non-hydrogen) atoms. The van der Waals surface area contributed by atoms with Crippen molar-refractivity contribution < 1.29 is 9.53 Å². The van der Waals surface area contributed by atoms with E-state index in [0.29, 0.717) is 23.7 Å². The molecule has 2 heterocycles. The molecule has 1 aliphatic rings. The molecule has 0 radical (unpaired) electrons. The van der Waals surface area contributed by atoms with Crippen LogP contribution in [0.5, 0.6) is 5.75 Å². The molecule has 0 unspecified atom stereocenters. The highest BCUT2D eigenvalue weighted by Crippen LogP contribution is 2.23. The lowest BCUT2D eigenvalue weighted by Crippen LogP contribution is -2.41. The summed E-state index contributed by atoms with van der Waals surface area (Å²) >= 11 is 5.90. The molecule has 1 aromatic heterocycles. The summed E-state index contributed by atoms with van der Waals surface area (Å²) in [7, 11) is 0. The second kappa shape index (κ2) is 7.30. The van der Waals surface area contributed by atoms with Gasteiger partial charge in [-0.3, -0.25) is 4.79 Å². The Hall–Kier alpha value is -2.66. The van der Waals surface area contributed by atoms with E-state index in [2.05, 4.69) is 10.2 Å². The summed E-state index contributed by atoms with van der Waals surface area (Å²) < 4.78 is 6.00. The summed E-state index contributed by atoms with van der Waals surface area (Å²) in [5.41, 5.74) is 1.34. The third-order valence-electron chi connectivity index (χ3n) is 4.62. The summed E-state index contributed by atoms with van der Waals surface area (Å²) in [5, 5.41) is 9.59. The molecule has 6 heteroatoms. The van der Waals surface area contributed by atoms with Gasteiger partial charge >= 0.3 is 0 Å². The van der Waals surface area contributed by atoms with Crippen LogP contribution in [0.1, 0.15) is 23.2 Å². The molecule has 1 amide bonds. The molecule has 4 rings (SSSR count). The molecule has 0 aliphatic carbocycles. The van der Waals surface area contributed by atoms with Crippen LogP contribution in [0.25, 0.3) is 10.9 Å². The first-order chi connectivity index (χ1) is 12.7. The Balaban J connectivity index is 1.42. The summed E-state index contributed by atoms with van der Waals surface area (Å²) in [6, 6.07) is 15.0. The van der Waals surface area contributed by atoms with E-state index >= 15 is 0 Å². The highest BCUT2D eigenvalue weighted by molar-refractivity contribution is 6.30. The number of hydrogen-bond acceptors (Lipinski definition) is 4. The molecule has 2 aromatic carbocycles. The lowest BCUT2D eigenvalue weighted by atomic mass is 10.0. The van der Waals surface area contributed by atoms with Gasteiger partial charge in [0.05, 0.1) is 17.3 Å². The second-order valence-electron chi connectivity index (χ2n) is 6.34. The van der Waals surface area contributed by atoms with Crippen molar-refractivity contribution in [3.63, 3.8) is 0 Å². The Bertz CT molecular complexity index is 916. The number of fused-ring (bicyclic) bond motifs is 1. The van der Waals surface area contributed by atoms with Gasteiger partial charge in [0.15, 0.2) is 0 Å². The molecule has 5 nitrogen and oxygen atoms in total. The summed E-state index contributed by atoms with van der Waals surface area (Å²) in [4.78, 5) is 14.8. The zero-order valence-electron chi connectivity index (χ0n) is 14.1. The second-order valence-corrected chi connectivity index (χ2v) is 6.78. The number of hydrogen-bond donors (Lipinski definition) is 0. The molecule has 132 valence electrons. The van der Waals surface area contributed by atoms with Gasteiger partial charge in [-0.1, -0.05) is 29.8 Å². The third kappa shape index (κ3) is 3.48. The highest BCUT2D eigenvalue weighted by atomic mass is 35.5. The minimum absolute atomic E-state index is 0.000966. The predicted octanol–water partition coefficient (Wildman–Crippen LogP) is 3.97. The fraction of sp³-hybridized carbons (Fsp3) is 0.250. The number of carbonyl (C=O) groups is 1. The number of ether oxygens (including phenoxy) is 1. The standard InChI is InChI=1S/C20H18ClN3O2/c21-14-5-7-15(8-6-14)26-16-9-11-24(12-10-16)20(25)18-13-22-23-19-4-2-1-3-17(18)19/h1-8,13,16H,9-12H2. The molecule has 0 saturated carbocycles. The molecule has 1 saturated heterocycles. The topological polar surface area (TPSA) is 55.3 Å². The van der Waals surface area contributed by atoms with Gasteiger partial charge < -0.3 is 9.64 Å². The van der Waals surface area contributed by atoms with Crippen LogP contribution in [0.4, 0.5) is 0 Å². The van der Waals surface area contributed by atoms with Crippen LogP contribution in [-0.2, 0) is 0 Å². The number of likely N-dealkylation sites (tertiary alicyclic amines) is 1. The first-order valence-electron chi connectivity index (χ1n) is 8.62. The maximum Gasteiger partial charge on any atom is 0.256 e. The first-order valence-corrected chi connectivity index (χ1v) is 9.00. The van der Waals surface area contributed by atoms with Gasteiger partial charge in [-0.15, -0.1) is 0 Å². The number of amides is 1. The van der Waals surface area contributed by atoms with Gasteiger partial charge in [0, 0.05) is 36.3 Å². The summed E-state index contributed by atoms with van der Waals surface area (Å²) in [6.07, 6.45) is 3.25. The fourth-order valence-electron chi connectivity index (χ4n) is 3.23. The van der Waals surface area contributed by atoms with Gasteiger partial charge in [0.1, 0.15) is 11.9 Å². The Labute approximate surface area is 156 Å². The molecule has 1 fully saturated rings. The quantitative estimate of drug-likeness (QED) is 0.703. The number of benzene rings is 2. The van der Waals surface area contributed by atoms with E-state index < -0.39 is 0 Å². The van der Waals surface area contributed by atoms with Crippen molar-refractivity contribution in [2.45, 2.75) is 18.9 Å². The molecular weight excluding hydrogens is 350 g/mol. The van der Waals surface area contributed by atoms with Crippen LogP contribution >= 0.6 is 11.6 Å². The van der Waals surface area contributed by atoms with Crippen LogP contribution in [0.3, 0.4) is 0 Å². The van der Waals surface area contributed by atoms with E-state index in [4.69, 9.17) is 16.3 Å². The molecule has 0 atom stereocenters. The van der Waals surface area contributed by atoms with Crippen molar-refractivity contribution in [3.8, 4) is 5.75 Å². The zero-order valence-corrected chi connectivity index (χ0v) is 14.9. The smallest absolute Gasteiger partial charge is 0.256 e. The van der Waals surface area contributed by atoms with Crippen LogP contribution in [0.2, 0.25) is 5.02 Å². The number of piperidine rings is 1. The summed E-state index contributed by atoms with van der Waals surface area (Å²) in [5.74, 6) is 0.810. The van der Waals surface area contributed by atoms with Crippen LogP contribution in [0.15, 0.2) is 54.7 Å². The third-order valence-corrected chi connectivity index (χ3v) is 4.87. The average Bonchev–Trinajstić information content (AvgIpc) is 2.69. The molecule has 0 bridgehead atoms. The number of rotatable bonds is 3. The van der Waals surface area contributed by atoms with E-state index in [-0.39, 0.29) is 12.0 Å². The normalized spacial score (nSPS) is 15.2. The van der Waals surface area contributed by atoms with Crippen LogP contribution < -0.4 is 4.74 Å². The highest BCUT2D eigenvalue weighted by Gasteiger charge is 2.26. The van der Waals surface area contributed by atoms with Crippen molar-refractivity contribution in [3.05, 3.63) is 65.3 Å². The Morgan fingerprint density at radius 1 is 1.08 bits per heavy atom. The molecule has 0 N–H and O–H groups in total. The lowest BCUT2D eigenvalue weighted by Gasteiger charge is -2.32. The van der Waals surface area contributed by atoms with E-state index in [0.717, 1.165) is 29.5 Å². The van der Waals surface area contributed by atoms with Gasteiger partial charge in [-0.25, -0.2) is 0 Å². The largest absolute Gasteiger partial charge is 0.490 e. The van der Waals surface area contributed by atoms with E-state index in [9.17, 15) is 4.79 Å². The number of halogens is 1. The fourth-order valence-corrected chi connectivity index (χ4v) is 3.36. The molecule has 3 aromatic rings. The number of nitrogens with zero attached hydrogens (tertiary/aromatic N) is 3. The van der Waals surface area contributed by atoms with Crippen molar-refractivity contribution in [2.24, 2.45) is 0 Å². The molecular formula is C20H18ClN3O2. The molecule has 0 spiro atoms. The van der Waals surface area contributed by atoms with E-state index in [1.807, 2.05) is 53.4 Å². The minimum Gasteiger partial charge on any atom is -0.490 e. The Morgan fingerprint density at radius 3 is 2.58 bits per heavy atom. The SMILES string of the molecule is O=C(c1cnnc2ccccc12)N1CCC(Oc2ccc(Cl)cc2)CC1. The maximum atomic E-state index is 12.9. The van der Waals surface area contributed by atoms with Crippen molar-refractivity contribution >= 4 is 28.4 Å². The van der Waals surface area contributed by atoms with Gasteiger partial charge in [0.25, 0.3) is 5.91 Å². The Kier molecular flexibility index (Phi) is 4.71. The monoisotopic (exact) mass is 367 g/mol. The van der Waals surface area contributed by atoms with Crippen molar-refractivity contribution in [1.82, 2.24) is 15.1 Å². The molecule has 1 aliphatic heterocycles. The average molecular weight is 368 g/mol. The van der Waals surface area contributed by atoms with Crippen molar-refractivity contribution in [1.29, 1.82) is 0 Å². The predicted molar refractivity (Wildman–Crippen MR) is 101 cm³/mol. The number of aromatic nitrogens is 2. The van der Waals surface area contributed by atoms with Crippen molar-refractivity contribution in [2.75, 3.05) is 13.1 Å². The van der Waals surface area contributed by atoms with Crippen LogP contribution in [0, 0.1) is 0 Å². The zero-order chi connectivity index (χ0) is 17.9. The summed E-state index contributed by atoms with van der Waals surface area (Å²) in [6.45, 7) is 1.32. The minimum atomic E-state index is 0.000966. The lowest BCUT2D eigenvalue weighted by molar-refractivity contribution is 0.0597. The maximum absolute atomic E-state index is 12.9. The first kappa shape index (κ1) is 16.8. The van der Waals surface area contributed by atoms with Crippen LogP contribution in [-0.4, -0.2) is 40.2 Å². The number of carbonyl (C=O) groups excluding carboxylic acids is 1. The van der Waals surface area contributed by atoms with E-state index in [1.165, 1.54) is 0 Å². The van der Waals surface area contributed by atoms with Gasteiger partial charge in [0.2, 0.25) is 0 Å².